The molecule has 1 N–H and O–H groups in total. The van der Waals surface area contributed by atoms with Gasteiger partial charge in [-0.15, -0.1) is 0 Å². The van der Waals surface area contributed by atoms with Gasteiger partial charge >= 0.3 is 13.1 Å². The van der Waals surface area contributed by atoms with Crippen molar-refractivity contribution in [1.82, 2.24) is 5.32 Å². The summed E-state index contributed by atoms with van der Waals surface area (Å²) in [5.41, 5.74) is 0.372. The molecule has 34 heavy (non-hydrogen) atoms. The maximum Gasteiger partial charge on any atom is 0.482 e. The predicted molar refractivity (Wildman–Crippen MR) is 130 cm³/mol. The number of esters is 1. The fourth-order valence-corrected chi connectivity index (χ4v) is 6.26. The van der Waals surface area contributed by atoms with Crippen LogP contribution in [0, 0.1) is 17.3 Å². The molecule has 3 aliphatic carbocycles. The Balaban J connectivity index is 1.59. The summed E-state index contributed by atoms with van der Waals surface area (Å²) in [6, 6.07) is 5.39. The number of nitrogens with one attached hydrogen (secondary N) is 1. The van der Waals surface area contributed by atoms with Crippen molar-refractivity contribution < 1.29 is 28.4 Å². The first-order valence-electron chi connectivity index (χ1n) is 12.3. The Kier molecular flexibility index (Phi) is 6.30. The zero-order chi connectivity index (χ0) is 25.1. The number of rotatable bonds is 6. The highest BCUT2D eigenvalue weighted by Crippen LogP contribution is 2.65. The van der Waals surface area contributed by atoms with Gasteiger partial charge in [-0.25, -0.2) is 4.79 Å². The smallest absolute Gasteiger partial charge is 0.482 e. The van der Waals surface area contributed by atoms with E-state index in [0.29, 0.717) is 29.6 Å². The molecule has 1 aliphatic heterocycles. The summed E-state index contributed by atoms with van der Waals surface area (Å²) in [6.45, 7) is 13.8. The molecular formula is C26H38BNO6. The van der Waals surface area contributed by atoms with Crippen LogP contribution >= 0.6 is 0 Å². The Labute approximate surface area is 203 Å². The third kappa shape index (κ3) is 4.35. The Hall–Kier alpha value is -2.06. The van der Waals surface area contributed by atoms with E-state index in [0.717, 1.165) is 18.4 Å². The van der Waals surface area contributed by atoms with Gasteiger partial charge in [0, 0.05) is 6.92 Å². The molecule has 2 bridgehead atoms. The van der Waals surface area contributed by atoms with Crippen LogP contribution in [0.2, 0.25) is 0 Å². The minimum absolute atomic E-state index is 0.0144. The van der Waals surface area contributed by atoms with Gasteiger partial charge in [-0.1, -0.05) is 26.0 Å². The van der Waals surface area contributed by atoms with Crippen LogP contribution < -0.4 is 10.1 Å². The van der Waals surface area contributed by atoms with Crippen molar-refractivity contribution in [2.24, 2.45) is 17.3 Å². The van der Waals surface area contributed by atoms with Gasteiger partial charge in [0.05, 0.1) is 24.8 Å². The van der Waals surface area contributed by atoms with E-state index >= 15 is 0 Å². The Morgan fingerprint density at radius 1 is 1.24 bits per heavy atom. The second-order valence-corrected chi connectivity index (χ2v) is 11.8. The van der Waals surface area contributed by atoms with Crippen LogP contribution in [0.25, 0.3) is 0 Å². The summed E-state index contributed by atoms with van der Waals surface area (Å²) in [7, 11) is 0.956. The van der Waals surface area contributed by atoms with Crippen molar-refractivity contribution in [2.75, 3.05) is 7.11 Å². The summed E-state index contributed by atoms with van der Waals surface area (Å²) < 4.78 is 24.3. The molecule has 5 rings (SSSR count). The number of ether oxygens (including phenoxy) is 2. The van der Waals surface area contributed by atoms with Crippen LogP contribution in [0.3, 0.4) is 0 Å². The lowest BCUT2D eigenvalue weighted by Crippen LogP contribution is -2.65. The molecule has 1 aromatic carbocycles. The largest absolute Gasteiger partial charge is 0.496 e. The van der Waals surface area contributed by atoms with Crippen molar-refractivity contribution in [3.05, 3.63) is 29.3 Å². The maximum absolute atomic E-state index is 12.8. The van der Waals surface area contributed by atoms with Crippen LogP contribution in [0.1, 0.15) is 77.2 Å². The monoisotopic (exact) mass is 471 g/mol. The molecule has 4 aliphatic rings. The van der Waals surface area contributed by atoms with E-state index in [9.17, 15) is 9.59 Å². The second kappa shape index (κ2) is 8.56. The lowest BCUT2D eigenvalue weighted by molar-refractivity contribution is -0.199. The zero-order valence-corrected chi connectivity index (χ0v) is 21.7. The topological polar surface area (TPSA) is 83.1 Å². The lowest BCUT2D eigenvalue weighted by atomic mass is 9.43. The number of benzene rings is 1. The van der Waals surface area contributed by atoms with Gasteiger partial charge in [-0.05, 0) is 75.8 Å². The highest BCUT2D eigenvalue weighted by molar-refractivity contribution is 6.48. The summed E-state index contributed by atoms with van der Waals surface area (Å²) in [6.07, 6.45) is 2.54. The molecule has 5 atom stereocenters. The molecule has 1 aromatic rings. The average Bonchev–Trinajstić information content (AvgIpc) is 3.08. The number of para-hydroxylation sites is 1. The van der Waals surface area contributed by atoms with E-state index in [4.69, 9.17) is 18.8 Å². The van der Waals surface area contributed by atoms with Crippen LogP contribution in [0.15, 0.2) is 18.2 Å². The third-order valence-electron chi connectivity index (χ3n) is 8.05. The molecule has 0 radical (unpaired) electrons. The maximum atomic E-state index is 12.8. The predicted octanol–water partition coefficient (Wildman–Crippen LogP) is 3.97. The van der Waals surface area contributed by atoms with Gasteiger partial charge in [0.1, 0.15) is 16.9 Å². The SMILES string of the molecule is COc1c(CC(NC(C)=O)B2OC3CC4CC(C4(C)C)C3(C)O2)cccc1C(=O)OC(C)(C)C. The summed E-state index contributed by atoms with van der Waals surface area (Å²) in [5, 5.41) is 3.02. The normalized spacial score (nSPS) is 30.1. The van der Waals surface area contributed by atoms with E-state index in [-0.39, 0.29) is 23.0 Å². The molecule has 3 saturated carbocycles. The van der Waals surface area contributed by atoms with Crippen molar-refractivity contribution in [1.29, 1.82) is 0 Å². The van der Waals surface area contributed by atoms with E-state index in [1.54, 1.807) is 12.1 Å². The minimum atomic E-state index is -0.622. The minimum Gasteiger partial charge on any atom is -0.496 e. The fourth-order valence-electron chi connectivity index (χ4n) is 6.26. The molecule has 0 spiro atoms. The molecule has 5 unspecified atom stereocenters. The number of hydrogen-bond donors (Lipinski definition) is 1. The Morgan fingerprint density at radius 2 is 1.94 bits per heavy atom. The van der Waals surface area contributed by atoms with Crippen LogP contribution in [0.5, 0.6) is 5.75 Å². The summed E-state index contributed by atoms with van der Waals surface area (Å²) in [5.74, 6) is 0.472. The Bertz CT molecular complexity index is 973. The molecule has 8 heteroatoms. The molecule has 4 fully saturated rings. The second-order valence-electron chi connectivity index (χ2n) is 11.8. The van der Waals surface area contributed by atoms with Crippen molar-refractivity contribution in [3.63, 3.8) is 0 Å². The average molecular weight is 471 g/mol. The quantitative estimate of drug-likeness (QED) is 0.500. The van der Waals surface area contributed by atoms with Gasteiger partial charge in [0.2, 0.25) is 5.91 Å². The van der Waals surface area contributed by atoms with Gasteiger partial charge in [0.15, 0.2) is 0 Å². The van der Waals surface area contributed by atoms with E-state index in [1.807, 2.05) is 26.8 Å². The fraction of sp³-hybridized carbons (Fsp3) is 0.692. The van der Waals surface area contributed by atoms with Crippen LogP contribution in [-0.4, -0.2) is 49.4 Å². The van der Waals surface area contributed by atoms with E-state index in [1.165, 1.54) is 14.0 Å². The lowest BCUT2D eigenvalue weighted by Gasteiger charge is -2.64. The number of methoxy groups -OCH3 is 1. The standard InChI is InChI=1S/C26H38BNO6/c1-15(29)28-21(27-33-20-14-17-13-19(25(17,5)6)26(20,7)34-27)12-16-10-9-11-18(22(16)31-8)23(30)32-24(2,3)4/h9-11,17,19-21H,12-14H2,1-8H3,(H,28,29). The van der Waals surface area contributed by atoms with Crippen LogP contribution in [-0.2, 0) is 25.3 Å². The van der Waals surface area contributed by atoms with Gasteiger partial charge in [-0.3, -0.25) is 4.79 Å². The molecule has 0 aromatic heterocycles. The first-order chi connectivity index (χ1) is 15.8. The van der Waals surface area contributed by atoms with Gasteiger partial charge in [-0.2, -0.15) is 0 Å². The van der Waals surface area contributed by atoms with Gasteiger partial charge in [0.25, 0.3) is 0 Å². The van der Waals surface area contributed by atoms with Crippen LogP contribution in [0.4, 0.5) is 0 Å². The number of carbonyl (C=O) groups excluding carboxylic acids is 2. The highest BCUT2D eigenvalue weighted by Gasteiger charge is 2.68. The molecule has 1 heterocycles. The molecule has 1 amide bonds. The van der Waals surface area contributed by atoms with Gasteiger partial charge < -0.3 is 24.1 Å². The summed E-state index contributed by atoms with van der Waals surface area (Å²) >= 11 is 0. The first-order valence-corrected chi connectivity index (χ1v) is 12.3. The molecule has 7 nitrogen and oxygen atoms in total. The molecule has 186 valence electrons. The van der Waals surface area contributed by atoms with Crippen molar-refractivity contribution in [2.45, 2.75) is 91.0 Å². The Morgan fingerprint density at radius 3 is 2.53 bits per heavy atom. The summed E-state index contributed by atoms with van der Waals surface area (Å²) in [4.78, 5) is 24.9. The molecule has 1 saturated heterocycles. The first kappa shape index (κ1) is 25.1. The zero-order valence-electron chi connectivity index (χ0n) is 21.7. The van der Waals surface area contributed by atoms with Crippen molar-refractivity contribution >= 4 is 19.0 Å². The number of carbonyl (C=O) groups is 2. The third-order valence-corrected chi connectivity index (χ3v) is 8.05. The number of hydrogen-bond acceptors (Lipinski definition) is 6. The van der Waals surface area contributed by atoms with E-state index in [2.05, 4.69) is 26.1 Å². The number of amides is 1. The van der Waals surface area contributed by atoms with Crippen molar-refractivity contribution in [3.8, 4) is 5.75 Å². The van der Waals surface area contributed by atoms with E-state index < -0.39 is 24.6 Å². The molecular weight excluding hydrogens is 433 g/mol. The highest BCUT2D eigenvalue weighted by atomic mass is 16.7.